The Morgan fingerprint density at radius 3 is 2.71 bits per heavy atom. The zero-order valence-corrected chi connectivity index (χ0v) is 8.80. The Hall–Kier alpha value is -1.13. The summed E-state index contributed by atoms with van der Waals surface area (Å²) in [6, 6.07) is 1.51. The molecule has 0 spiro atoms. The largest absolute Gasteiger partial charge is 0.475 e. The first-order chi connectivity index (χ1) is 6.72. The minimum atomic E-state index is 0.104. The maximum atomic E-state index is 5.44. The highest BCUT2D eigenvalue weighted by molar-refractivity contribution is 7.16. The Bertz CT molecular complexity index is 277. The van der Waals surface area contributed by atoms with E-state index in [2.05, 4.69) is 19.2 Å². The van der Waals surface area contributed by atoms with Crippen LogP contribution in [-0.2, 0) is 4.74 Å². The summed E-state index contributed by atoms with van der Waals surface area (Å²) < 4.78 is 10.3. The Morgan fingerprint density at radius 2 is 2.07 bits per heavy atom. The van der Waals surface area contributed by atoms with Crippen molar-refractivity contribution in [3.05, 3.63) is 6.07 Å². The van der Waals surface area contributed by atoms with Crippen LogP contribution < -0.4 is 16.2 Å². The molecule has 1 heterocycles. The summed E-state index contributed by atoms with van der Waals surface area (Å²) in [5.74, 6) is 0.758. The minimum Gasteiger partial charge on any atom is -0.475 e. The lowest BCUT2D eigenvalue weighted by Crippen LogP contribution is -2.08. The van der Waals surface area contributed by atoms with Gasteiger partial charge >= 0.3 is 0 Å². The number of anilines is 2. The Balaban J connectivity index is 2.42. The van der Waals surface area contributed by atoms with Crippen molar-refractivity contribution in [1.82, 2.24) is 9.97 Å². The van der Waals surface area contributed by atoms with E-state index in [4.69, 9.17) is 20.9 Å². The van der Waals surface area contributed by atoms with E-state index in [0.29, 0.717) is 31.3 Å². The molecule has 0 fully saturated rings. The van der Waals surface area contributed by atoms with E-state index < -0.39 is 0 Å². The van der Waals surface area contributed by atoms with Gasteiger partial charge in [0.15, 0.2) is 0 Å². The van der Waals surface area contributed by atoms with Crippen molar-refractivity contribution in [3.8, 4) is 5.88 Å². The summed E-state index contributed by atoms with van der Waals surface area (Å²) in [4.78, 5) is 7.54. The molecule has 78 valence electrons. The van der Waals surface area contributed by atoms with Crippen molar-refractivity contribution in [2.24, 2.45) is 0 Å². The minimum absolute atomic E-state index is 0.104. The van der Waals surface area contributed by atoms with Crippen LogP contribution >= 0.6 is 9.24 Å². The highest BCUT2D eigenvalue weighted by atomic mass is 31.0. The predicted octanol–water partition coefficient (Wildman–Crippen LogP) is -0.131. The van der Waals surface area contributed by atoms with E-state index in [0.717, 1.165) is 0 Å². The van der Waals surface area contributed by atoms with Gasteiger partial charge in [0.2, 0.25) is 11.8 Å². The van der Waals surface area contributed by atoms with Crippen LogP contribution in [0.3, 0.4) is 0 Å². The van der Waals surface area contributed by atoms with Crippen molar-refractivity contribution >= 4 is 21.0 Å². The SMILES string of the molecule is Nc1cc(OCCOCP)nc(N)n1. The molecule has 0 aliphatic heterocycles. The van der Waals surface area contributed by atoms with Crippen LogP contribution in [0.25, 0.3) is 0 Å². The zero-order chi connectivity index (χ0) is 10.4. The van der Waals surface area contributed by atoms with Gasteiger partial charge in [-0.15, -0.1) is 9.24 Å². The van der Waals surface area contributed by atoms with Gasteiger partial charge < -0.3 is 20.9 Å². The van der Waals surface area contributed by atoms with Crippen molar-refractivity contribution in [2.45, 2.75) is 0 Å². The third-order valence-electron chi connectivity index (χ3n) is 1.34. The molecule has 7 heteroatoms. The van der Waals surface area contributed by atoms with Crippen LogP contribution in [0.15, 0.2) is 6.07 Å². The average molecular weight is 216 g/mol. The molecule has 1 unspecified atom stereocenters. The lowest BCUT2D eigenvalue weighted by molar-refractivity contribution is 0.133. The Labute approximate surface area is 84.2 Å². The van der Waals surface area contributed by atoms with Gasteiger partial charge in [-0.3, -0.25) is 0 Å². The molecular formula is C7H13N4O2P. The predicted molar refractivity (Wildman–Crippen MR) is 56.9 cm³/mol. The average Bonchev–Trinajstić information content (AvgIpc) is 2.11. The van der Waals surface area contributed by atoms with Crippen LogP contribution in [0, 0.1) is 0 Å². The second-order valence-electron chi connectivity index (χ2n) is 2.41. The maximum absolute atomic E-state index is 5.44. The Kier molecular flexibility index (Phi) is 4.35. The number of nitrogens with two attached hydrogens (primary N) is 2. The number of hydrogen-bond acceptors (Lipinski definition) is 6. The number of nitrogen functional groups attached to an aromatic ring is 2. The van der Waals surface area contributed by atoms with Crippen molar-refractivity contribution in [3.63, 3.8) is 0 Å². The molecule has 0 saturated carbocycles. The van der Waals surface area contributed by atoms with E-state index in [9.17, 15) is 0 Å². The topological polar surface area (TPSA) is 96.3 Å². The molecule has 1 aromatic rings. The van der Waals surface area contributed by atoms with Crippen LogP contribution in [0.1, 0.15) is 0 Å². The third-order valence-corrected chi connectivity index (χ3v) is 1.57. The first-order valence-electron chi connectivity index (χ1n) is 4.03. The van der Waals surface area contributed by atoms with Gasteiger partial charge in [-0.2, -0.15) is 9.97 Å². The van der Waals surface area contributed by atoms with Crippen LogP contribution in [0.4, 0.5) is 11.8 Å². The third kappa shape index (κ3) is 3.72. The molecule has 0 amide bonds. The molecule has 1 aromatic heterocycles. The summed E-state index contributed by atoms with van der Waals surface area (Å²) in [5, 5.41) is 0. The normalized spacial score (nSPS) is 10.1. The smallest absolute Gasteiger partial charge is 0.225 e. The van der Waals surface area contributed by atoms with E-state index in [1.165, 1.54) is 6.07 Å². The summed E-state index contributed by atoms with van der Waals surface area (Å²) in [7, 11) is 2.45. The van der Waals surface area contributed by atoms with Gasteiger partial charge in [-0.05, 0) is 0 Å². The molecule has 1 atom stereocenters. The van der Waals surface area contributed by atoms with E-state index in [1.807, 2.05) is 0 Å². The summed E-state index contributed by atoms with van der Waals surface area (Å²) in [6.07, 6.45) is 0.581. The van der Waals surface area contributed by atoms with Gasteiger partial charge in [-0.25, -0.2) is 0 Å². The lowest BCUT2D eigenvalue weighted by Gasteiger charge is -2.05. The van der Waals surface area contributed by atoms with E-state index in [-0.39, 0.29) is 5.95 Å². The number of rotatable bonds is 5. The van der Waals surface area contributed by atoms with Gasteiger partial charge in [0, 0.05) is 6.07 Å². The quantitative estimate of drug-likeness (QED) is 0.525. The molecule has 0 aliphatic carbocycles. The number of hydrogen-bond donors (Lipinski definition) is 2. The highest BCUT2D eigenvalue weighted by Gasteiger charge is 1.99. The molecule has 0 bridgehead atoms. The van der Waals surface area contributed by atoms with Crippen LogP contribution in [0.2, 0.25) is 0 Å². The fourth-order valence-corrected chi connectivity index (χ4v) is 0.990. The fourth-order valence-electron chi connectivity index (χ4n) is 0.824. The number of nitrogens with zero attached hydrogens (tertiary/aromatic N) is 2. The highest BCUT2D eigenvalue weighted by Crippen LogP contribution is 2.11. The first kappa shape index (κ1) is 10.9. The van der Waals surface area contributed by atoms with Crippen LogP contribution in [0.5, 0.6) is 5.88 Å². The summed E-state index contributed by atoms with van der Waals surface area (Å²) in [6.45, 7) is 0.900. The fraction of sp³-hybridized carbons (Fsp3) is 0.429. The number of ether oxygens (including phenoxy) is 2. The van der Waals surface area contributed by atoms with Crippen molar-refractivity contribution in [1.29, 1.82) is 0 Å². The number of aromatic nitrogens is 2. The first-order valence-corrected chi connectivity index (χ1v) is 4.84. The molecule has 6 nitrogen and oxygen atoms in total. The van der Waals surface area contributed by atoms with Crippen LogP contribution in [-0.4, -0.2) is 29.5 Å². The van der Waals surface area contributed by atoms with Gasteiger partial charge in [0.05, 0.1) is 13.0 Å². The molecule has 0 aliphatic rings. The lowest BCUT2D eigenvalue weighted by atomic mass is 10.5. The van der Waals surface area contributed by atoms with Crippen molar-refractivity contribution < 1.29 is 9.47 Å². The second kappa shape index (κ2) is 5.57. The maximum Gasteiger partial charge on any atom is 0.225 e. The molecule has 14 heavy (non-hydrogen) atoms. The molecule has 0 aromatic carbocycles. The molecular weight excluding hydrogens is 203 g/mol. The van der Waals surface area contributed by atoms with Crippen molar-refractivity contribution in [2.75, 3.05) is 31.0 Å². The molecule has 1 rings (SSSR count). The van der Waals surface area contributed by atoms with E-state index >= 15 is 0 Å². The monoisotopic (exact) mass is 216 g/mol. The molecule has 4 N–H and O–H groups in total. The molecule has 0 radical (unpaired) electrons. The Morgan fingerprint density at radius 1 is 1.29 bits per heavy atom. The summed E-state index contributed by atoms with van der Waals surface area (Å²) in [5.41, 5.74) is 10.8. The molecule has 0 saturated heterocycles. The van der Waals surface area contributed by atoms with Gasteiger partial charge in [-0.1, -0.05) is 0 Å². The van der Waals surface area contributed by atoms with Gasteiger partial charge in [0.1, 0.15) is 12.4 Å². The van der Waals surface area contributed by atoms with E-state index in [1.54, 1.807) is 0 Å². The van der Waals surface area contributed by atoms with Gasteiger partial charge in [0.25, 0.3) is 0 Å². The summed E-state index contributed by atoms with van der Waals surface area (Å²) >= 11 is 0. The standard InChI is InChI=1S/C7H13N4O2P/c8-5-3-6(11-7(9)10-5)13-2-1-12-4-14/h3H,1-2,4,14H2,(H4,8,9,10,11). The zero-order valence-electron chi connectivity index (χ0n) is 7.64. The second-order valence-corrected chi connectivity index (χ2v) is 2.75.